The summed E-state index contributed by atoms with van der Waals surface area (Å²) in [7, 11) is -1.58. The van der Waals surface area contributed by atoms with Crippen molar-refractivity contribution < 1.29 is 13.0 Å². The molecule has 0 bridgehead atoms. The molecule has 2 fully saturated rings. The quantitative estimate of drug-likeness (QED) is 0.614. The average molecular weight is 368 g/mol. The van der Waals surface area contributed by atoms with E-state index in [0.717, 1.165) is 31.2 Å². The van der Waals surface area contributed by atoms with Gasteiger partial charge in [0.15, 0.2) is 0 Å². The van der Waals surface area contributed by atoms with E-state index in [9.17, 15) is 13.0 Å². The van der Waals surface area contributed by atoms with E-state index in [-0.39, 0.29) is 4.90 Å². The van der Waals surface area contributed by atoms with Crippen LogP contribution in [0.4, 0.5) is 0 Å². The number of hydrogen-bond donors (Lipinski definition) is 1. The van der Waals surface area contributed by atoms with Crippen molar-refractivity contribution in [1.29, 1.82) is 0 Å². The Kier molecular flexibility index (Phi) is 5.68. The lowest BCUT2D eigenvalue weighted by atomic mass is 9.77. The van der Waals surface area contributed by atoms with Gasteiger partial charge in [-0.05, 0) is 72.5 Å². The van der Waals surface area contributed by atoms with Crippen LogP contribution in [0.25, 0.3) is 0 Å². The second-order valence-electron chi connectivity index (χ2n) is 7.56. The first kappa shape index (κ1) is 18.4. The van der Waals surface area contributed by atoms with Crippen molar-refractivity contribution in [2.24, 2.45) is 0 Å². The minimum Gasteiger partial charge on any atom is -0.282 e. The third kappa shape index (κ3) is 3.71. The predicted molar refractivity (Wildman–Crippen MR) is 102 cm³/mol. The number of benzene rings is 1. The van der Waals surface area contributed by atoms with E-state index in [1.54, 1.807) is 6.07 Å². The molecule has 1 unspecified atom stereocenters. The van der Waals surface area contributed by atoms with Crippen molar-refractivity contribution in [3.05, 3.63) is 22.8 Å². The lowest BCUT2D eigenvalue weighted by Gasteiger charge is -2.30. The van der Waals surface area contributed by atoms with Gasteiger partial charge in [-0.25, -0.2) is 0 Å². The zero-order valence-corrected chi connectivity index (χ0v) is 16.5. The van der Waals surface area contributed by atoms with Gasteiger partial charge in [0.05, 0.1) is 0 Å². The second-order valence-corrected chi connectivity index (χ2v) is 9.53. The minimum atomic E-state index is -4.19. The Hall–Kier alpha value is -0.440. The van der Waals surface area contributed by atoms with E-state index in [0.29, 0.717) is 17.1 Å². The molecule has 0 heterocycles. The highest BCUT2D eigenvalue weighted by Gasteiger charge is 2.28. The fourth-order valence-electron chi connectivity index (χ4n) is 4.79. The Labute approximate surface area is 148 Å². The second kappa shape index (κ2) is 7.43. The van der Waals surface area contributed by atoms with Crippen molar-refractivity contribution in [2.45, 2.75) is 87.9 Å². The molecule has 2 aliphatic carbocycles. The summed E-state index contributed by atoms with van der Waals surface area (Å²) >= 11 is 0. The molecule has 0 aliphatic heterocycles. The van der Waals surface area contributed by atoms with Gasteiger partial charge in [-0.1, -0.05) is 38.5 Å². The topological polar surface area (TPSA) is 54.4 Å². The molecule has 0 radical (unpaired) electrons. The van der Waals surface area contributed by atoms with Crippen LogP contribution in [0.5, 0.6) is 0 Å². The van der Waals surface area contributed by atoms with E-state index in [1.807, 2.05) is 0 Å². The lowest BCUT2D eigenvalue weighted by Crippen LogP contribution is -2.22. The van der Waals surface area contributed by atoms with Crippen LogP contribution < -0.4 is 5.30 Å². The molecule has 134 valence electrons. The minimum absolute atomic E-state index is 0.110. The summed E-state index contributed by atoms with van der Waals surface area (Å²) in [6.07, 6.45) is 11.9. The third-order valence-corrected chi connectivity index (χ3v) is 7.74. The van der Waals surface area contributed by atoms with Crippen molar-refractivity contribution in [1.82, 2.24) is 0 Å². The zero-order valence-electron chi connectivity index (χ0n) is 14.6. The number of rotatable bonds is 3. The first-order valence-corrected chi connectivity index (χ1v) is 11.3. The van der Waals surface area contributed by atoms with Crippen molar-refractivity contribution in [3.8, 4) is 0 Å². The van der Waals surface area contributed by atoms with Gasteiger partial charge in [0, 0.05) is 0 Å². The highest BCUT2D eigenvalue weighted by atomic mass is 32.2. The van der Waals surface area contributed by atoms with Crippen molar-refractivity contribution in [3.63, 3.8) is 0 Å². The Morgan fingerprint density at radius 1 is 0.958 bits per heavy atom. The molecule has 3 rings (SSSR count). The van der Waals surface area contributed by atoms with Crippen molar-refractivity contribution >= 4 is 24.7 Å². The third-order valence-electron chi connectivity index (χ3n) is 6.02. The van der Waals surface area contributed by atoms with Gasteiger partial charge < -0.3 is 0 Å². The zero-order chi connectivity index (χ0) is 17.3. The standard InChI is InChI=1S/C19H29O3PS/c1-13-16(14-8-4-2-5-9-14)12-17(24(20,21)22)19(23)18(13)15-10-6-3-7-11-15/h12,14-15H,2-11,23H2,1H3,(H,20,21,22). The SMILES string of the molecule is Cc1c(C2CCCCC2)cc(S(=O)(=O)O)c(P)c1C1CCCCC1. The molecule has 1 aromatic carbocycles. The molecule has 24 heavy (non-hydrogen) atoms. The monoisotopic (exact) mass is 368 g/mol. The van der Waals surface area contributed by atoms with Crippen LogP contribution in [-0.4, -0.2) is 13.0 Å². The summed E-state index contributed by atoms with van der Waals surface area (Å²) in [5, 5.41) is 0.696. The first-order chi connectivity index (χ1) is 11.4. The van der Waals surface area contributed by atoms with Crippen molar-refractivity contribution in [2.75, 3.05) is 0 Å². The van der Waals surface area contributed by atoms with Gasteiger partial charge in [-0.2, -0.15) is 8.42 Å². The van der Waals surface area contributed by atoms with Crippen LogP contribution >= 0.6 is 9.24 Å². The Morgan fingerprint density at radius 3 is 1.96 bits per heavy atom. The normalized spacial score (nSPS) is 21.1. The summed E-state index contributed by atoms with van der Waals surface area (Å²) in [6, 6.07) is 1.76. The molecule has 2 aliphatic rings. The van der Waals surface area contributed by atoms with Gasteiger partial charge in [-0.15, -0.1) is 9.24 Å². The first-order valence-electron chi connectivity index (χ1n) is 9.30. The fourth-order valence-corrected chi connectivity index (χ4v) is 6.43. The Balaban J connectivity index is 2.14. The largest absolute Gasteiger partial charge is 0.295 e. The molecule has 0 aromatic heterocycles. The maximum absolute atomic E-state index is 12.0. The van der Waals surface area contributed by atoms with E-state index < -0.39 is 10.1 Å². The lowest BCUT2D eigenvalue weighted by molar-refractivity contribution is 0.432. The van der Waals surface area contributed by atoms with Gasteiger partial charge in [0.2, 0.25) is 0 Å². The van der Waals surface area contributed by atoms with Crippen LogP contribution in [0, 0.1) is 6.92 Å². The van der Waals surface area contributed by atoms with Crippen LogP contribution in [0.3, 0.4) is 0 Å². The summed E-state index contributed by atoms with van der Waals surface area (Å²) in [4.78, 5) is 0.110. The Morgan fingerprint density at radius 2 is 1.46 bits per heavy atom. The van der Waals surface area contributed by atoms with Gasteiger partial charge in [-0.3, -0.25) is 4.55 Å². The molecule has 1 N–H and O–H groups in total. The smallest absolute Gasteiger partial charge is 0.282 e. The maximum atomic E-state index is 12.0. The van der Waals surface area contributed by atoms with E-state index in [4.69, 9.17) is 0 Å². The highest BCUT2D eigenvalue weighted by molar-refractivity contribution is 7.86. The molecular formula is C19H29O3PS. The van der Waals surface area contributed by atoms with Gasteiger partial charge in [0.25, 0.3) is 10.1 Å². The van der Waals surface area contributed by atoms with Crippen LogP contribution in [0.1, 0.15) is 92.7 Å². The molecular weight excluding hydrogens is 339 g/mol. The van der Waals surface area contributed by atoms with Crippen LogP contribution in [-0.2, 0) is 10.1 Å². The fraction of sp³-hybridized carbons (Fsp3) is 0.684. The molecule has 0 spiro atoms. The van der Waals surface area contributed by atoms with E-state index in [1.165, 1.54) is 49.7 Å². The predicted octanol–water partition coefficient (Wildman–Crippen LogP) is 4.84. The summed E-state index contributed by atoms with van der Waals surface area (Å²) in [5.41, 5.74) is 3.61. The summed E-state index contributed by atoms with van der Waals surface area (Å²) < 4.78 is 33.7. The van der Waals surface area contributed by atoms with Crippen LogP contribution in [0.2, 0.25) is 0 Å². The summed E-state index contributed by atoms with van der Waals surface area (Å²) in [5.74, 6) is 0.863. The molecule has 2 saturated carbocycles. The van der Waals surface area contributed by atoms with Gasteiger partial charge in [0.1, 0.15) is 4.90 Å². The molecule has 0 amide bonds. The average Bonchev–Trinajstić information content (AvgIpc) is 2.56. The van der Waals surface area contributed by atoms with Crippen LogP contribution in [0.15, 0.2) is 11.0 Å². The van der Waals surface area contributed by atoms with E-state index in [2.05, 4.69) is 16.2 Å². The molecule has 0 saturated heterocycles. The molecule has 1 atom stereocenters. The Bertz CT molecular complexity index is 700. The highest BCUT2D eigenvalue weighted by Crippen LogP contribution is 2.41. The number of hydrogen-bond acceptors (Lipinski definition) is 2. The molecule has 1 aromatic rings. The maximum Gasteiger partial charge on any atom is 0.295 e. The molecule has 3 nitrogen and oxygen atoms in total. The van der Waals surface area contributed by atoms with E-state index >= 15 is 0 Å². The molecule has 5 heteroatoms. The summed E-state index contributed by atoms with van der Waals surface area (Å²) in [6.45, 7) is 2.16. The van der Waals surface area contributed by atoms with Gasteiger partial charge >= 0.3 is 0 Å².